The highest BCUT2D eigenvalue weighted by molar-refractivity contribution is 5.75. The monoisotopic (exact) mass is 300 g/mol. The number of para-hydroxylation sites is 1. The third kappa shape index (κ3) is 2.73. The van der Waals surface area contributed by atoms with E-state index in [1.165, 1.54) is 6.07 Å². The zero-order valence-electron chi connectivity index (χ0n) is 12.9. The number of nitrogens with two attached hydrogens (primary N) is 1. The third-order valence-electron chi connectivity index (χ3n) is 4.09. The number of rotatable bonds is 3. The van der Waals surface area contributed by atoms with Crippen molar-refractivity contribution in [3.05, 3.63) is 53.8 Å². The number of hydrogen-bond donors (Lipinski definition) is 1. The summed E-state index contributed by atoms with van der Waals surface area (Å²) in [4.78, 5) is 2.12. The van der Waals surface area contributed by atoms with Gasteiger partial charge in [0.05, 0.1) is 12.2 Å². The average Bonchev–Trinajstić information content (AvgIpc) is 2.49. The summed E-state index contributed by atoms with van der Waals surface area (Å²) in [5, 5.41) is 0. The number of nitrogen functional groups attached to an aromatic ring is 1. The van der Waals surface area contributed by atoms with Crippen LogP contribution in [0.3, 0.4) is 0 Å². The van der Waals surface area contributed by atoms with Gasteiger partial charge in [0.15, 0.2) is 0 Å². The lowest BCUT2D eigenvalue weighted by atomic mass is 10.0. The van der Waals surface area contributed by atoms with E-state index in [0.717, 1.165) is 11.4 Å². The number of hydrogen-bond acceptors (Lipinski definition) is 3. The highest BCUT2D eigenvalue weighted by Gasteiger charge is 2.29. The highest BCUT2D eigenvalue weighted by Crippen LogP contribution is 2.40. The molecule has 4 heteroatoms. The van der Waals surface area contributed by atoms with Gasteiger partial charge >= 0.3 is 0 Å². The Hall–Kier alpha value is -2.23. The standard InChI is InChI=1S/C18H21FN2O/c1-12(2)17-11-21(10-13-6-3-4-7-14(13)19)18-15(20)8-5-9-16(18)22-17/h3-9,12,17H,10-11,20H2,1-2H3. The van der Waals surface area contributed by atoms with Crippen LogP contribution in [0.1, 0.15) is 19.4 Å². The minimum atomic E-state index is -0.189. The lowest BCUT2D eigenvalue weighted by molar-refractivity contribution is 0.145. The Kier molecular flexibility index (Phi) is 3.92. The van der Waals surface area contributed by atoms with Gasteiger partial charge in [0.25, 0.3) is 0 Å². The van der Waals surface area contributed by atoms with E-state index in [9.17, 15) is 4.39 Å². The van der Waals surface area contributed by atoms with Gasteiger partial charge in [-0.25, -0.2) is 4.39 Å². The molecule has 0 amide bonds. The summed E-state index contributed by atoms with van der Waals surface area (Å²) in [5.74, 6) is 0.963. The predicted molar refractivity (Wildman–Crippen MR) is 87.6 cm³/mol. The van der Waals surface area contributed by atoms with Crippen molar-refractivity contribution in [1.82, 2.24) is 0 Å². The van der Waals surface area contributed by atoms with E-state index in [-0.39, 0.29) is 11.9 Å². The molecule has 0 saturated heterocycles. The molecule has 0 aliphatic carbocycles. The van der Waals surface area contributed by atoms with Crippen molar-refractivity contribution in [2.75, 3.05) is 17.2 Å². The topological polar surface area (TPSA) is 38.5 Å². The minimum Gasteiger partial charge on any atom is -0.486 e. The first-order valence-corrected chi connectivity index (χ1v) is 7.59. The molecular formula is C18H21FN2O. The molecule has 1 atom stereocenters. The van der Waals surface area contributed by atoms with Crippen LogP contribution in [0.25, 0.3) is 0 Å². The van der Waals surface area contributed by atoms with Crippen molar-refractivity contribution in [2.45, 2.75) is 26.5 Å². The van der Waals surface area contributed by atoms with Gasteiger partial charge in [0, 0.05) is 12.1 Å². The summed E-state index contributed by atoms with van der Waals surface area (Å²) in [6.45, 7) is 5.44. The smallest absolute Gasteiger partial charge is 0.145 e. The van der Waals surface area contributed by atoms with E-state index in [1.807, 2.05) is 30.3 Å². The maximum atomic E-state index is 14.0. The summed E-state index contributed by atoms with van der Waals surface area (Å²) in [6, 6.07) is 12.5. The highest BCUT2D eigenvalue weighted by atomic mass is 19.1. The van der Waals surface area contributed by atoms with Crippen LogP contribution in [0.2, 0.25) is 0 Å². The Morgan fingerprint density at radius 2 is 2.00 bits per heavy atom. The van der Waals surface area contributed by atoms with E-state index in [4.69, 9.17) is 10.5 Å². The lowest BCUT2D eigenvalue weighted by Crippen LogP contribution is -2.42. The number of benzene rings is 2. The van der Waals surface area contributed by atoms with E-state index < -0.39 is 0 Å². The molecule has 0 fully saturated rings. The van der Waals surface area contributed by atoms with Crippen molar-refractivity contribution in [3.63, 3.8) is 0 Å². The molecule has 1 aliphatic rings. The summed E-state index contributed by atoms with van der Waals surface area (Å²) >= 11 is 0. The first kappa shape index (κ1) is 14.7. The fourth-order valence-corrected chi connectivity index (χ4v) is 2.80. The van der Waals surface area contributed by atoms with Crippen molar-refractivity contribution >= 4 is 11.4 Å². The SMILES string of the molecule is CC(C)C1CN(Cc2ccccc2F)c2c(N)cccc2O1. The predicted octanol–water partition coefficient (Wildman–Crippen LogP) is 3.83. The first-order valence-electron chi connectivity index (χ1n) is 7.59. The molecule has 22 heavy (non-hydrogen) atoms. The number of nitrogens with zero attached hydrogens (tertiary/aromatic N) is 1. The van der Waals surface area contributed by atoms with Gasteiger partial charge in [-0.15, -0.1) is 0 Å². The molecule has 2 N–H and O–H groups in total. The number of ether oxygens (including phenoxy) is 1. The van der Waals surface area contributed by atoms with Crippen LogP contribution < -0.4 is 15.4 Å². The quantitative estimate of drug-likeness (QED) is 0.876. The van der Waals surface area contributed by atoms with E-state index >= 15 is 0 Å². The van der Waals surface area contributed by atoms with Crippen molar-refractivity contribution < 1.29 is 9.13 Å². The first-order chi connectivity index (χ1) is 10.6. The van der Waals surface area contributed by atoms with Crippen molar-refractivity contribution in [2.24, 2.45) is 5.92 Å². The van der Waals surface area contributed by atoms with Gasteiger partial charge in [0.1, 0.15) is 23.4 Å². The number of halogens is 1. The maximum Gasteiger partial charge on any atom is 0.145 e. The Bertz CT molecular complexity index is 672. The van der Waals surface area contributed by atoms with Gasteiger partial charge in [-0.1, -0.05) is 38.1 Å². The third-order valence-corrected chi connectivity index (χ3v) is 4.09. The number of anilines is 2. The zero-order chi connectivity index (χ0) is 15.7. The molecule has 0 bridgehead atoms. The Balaban J connectivity index is 1.97. The summed E-state index contributed by atoms with van der Waals surface area (Å²) in [7, 11) is 0. The fraction of sp³-hybridized carbons (Fsp3) is 0.333. The van der Waals surface area contributed by atoms with Gasteiger partial charge in [-0.3, -0.25) is 0 Å². The van der Waals surface area contributed by atoms with E-state index in [0.29, 0.717) is 30.3 Å². The second-order valence-corrected chi connectivity index (χ2v) is 6.07. The molecule has 1 unspecified atom stereocenters. The molecule has 0 aromatic heterocycles. The van der Waals surface area contributed by atoms with Gasteiger partial charge in [0.2, 0.25) is 0 Å². The molecule has 0 saturated carbocycles. The molecule has 1 heterocycles. The Labute approximate surface area is 130 Å². The summed E-state index contributed by atoms with van der Waals surface area (Å²) in [5.41, 5.74) is 8.32. The van der Waals surface area contributed by atoms with Gasteiger partial charge in [-0.05, 0) is 24.1 Å². The van der Waals surface area contributed by atoms with Crippen LogP contribution in [0, 0.1) is 11.7 Å². The second-order valence-electron chi connectivity index (χ2n) is 6.07. The molecule has 0 radical (unpaired) electrons. The molecular weight excluding hydrogens is 279 g/mol. The minimum absolute atomic E-state index is 0.0704. The van der Waals surface area contributed by atoms with Crippen LogP contribution in [0.5, 0.6) is 5.75 Å². The second kappa shape index (κ2) is 5.87. The number of fused-ring (bicyclic) bond motifs is 1. The Morgan fingerprint density at radius 1 is 1.23 bits per heavy atom. The van der Waals surface area contributed by atoms with Crippen LogP contribution >= 0.6 is 0 Å². The largest absolute Gasteiger partial charge is 0.486 e. The van der Waals surface area contributed by atoms with Crippen molar-refractivity contribution in [1.29, 1.82) is 0 Å². The lowest BCUT2D eigenvalue weighted by Gasteiger charge is -2.38. The summed E-state index contributed by atoms with van der Waals surface area (Å²) in [6.07, 6.45) is 0.0704. The molecule has 1 aliphatic heterocycles. The zero-order valence-corrected chi connectivity index (χ0v) is 12.9. The fourth-order valence-electron chi connectivity index (χ4n) is 2.80. The average molecular weight is 300 g/mol. The Morgan fingerprint density at radius 3 is 2.73 bits per heavy atom. The normalized spacial score (nSPS) is 17.3. The molecule has 2 aromatic carbocycles. The molecule has 3 rings (SSSR count). The van der Waals surface area contributed by atoms with E-state index in [2.05, 4.69) is 18.7 Å². The van der Waals surface area contributed by atoms with Crippen LogP contribution in [0.15, 0.2) is 42.5 Å². The van der Waals surface area contributed by atoms with Crippen LogP contribution in [-0.2, 0) is 6.54 Å². The maximum absolute atomic E-state index is 14.0. The molecule has 3 nitrogen and oxygen atoms in total. The molecule has 2 aromatic rings. The molecule has 116 valence electrons. The van der Waals surface area contributed by atoms with Gasteiger partial charge in [-0.2, -0.15) is 0 Å². The van der Waals surface area contributed by atoms with Crippen LogP contribution in [-0.4, -0.2) is 12.6 Å². The van der Waals surface area contributed by atoms with E-state index in [1.54, 1.807) is 6.07 Å². The van der Waals surface area contributed by atoms with Gasteiger partial charge < -0.3 is 15.4 Å². The van der Waals surface area contributed by atoms with Crippen molar-refractivity contribution in [3.8, 4) is 5.75 Å². The van der Waals surface area contributed by atoms with Crippen LogP contribution in [0.4, 0.5) is 15.8 Å². The summed E-state index contributed by atoms with van der Waals surface area (Å²) < 4.78 is 20.0. The molecule has 0 spiro atoms.